The van der Waals surface area contributed by atoms with Gasteiger partial charge in [0.05, 0.1) is 11.4 Å². The number of benzene rings is 2. The van der Waals surface area contributed by atoms with Crippen LogP contribution in [-0.4, -0.2) is 15.0 Å². The van der Waals surface area contributed by atoms with Crippen molar-refractivity contribution in [3.63, 3.8) is 0 Å². The van der Waals surface area contributed by atoms with Crippen molar-refractivity contribution in [2.75, 3.05) is 0 Å². The molecular weight excluding hydrogens is 474 g/mol. The summed E-state index contributed by atoms with van der Waals surface area (Å²) in [6, 6.07) is 24.1. The Balaban J connectivity index is 1.73. The topological polar surface area (TPSA) is 38.7 Å². The Bertz CT molecular complexity index is 1270. The average Bonchev–Trinajstić information content (AvgIpc) is 2.95. The van der Waals surface area contributed by atoms with Crippen LogP contribution in [-0.2, 0) is 10.8 Å². The molecule has 0 spiro atoms. The maximum atomic E-state index is 5.01. The molecule has 0 atom stereocenters. The zero-order valence-corrected chi connectivity index (χ0v) is 25.0. The van der Waals surface area contributed by atoms with Gasteiger partial charge in [0, 0.05) is 28.6 Å². The third-order valence-corrected chi connectivity index (χ3v) is 8.13. The van der Waals surface area contributed by atoms with E-state index in [0.717, 1.165) is 33.8 Å². The van der Waals surface area contributed by atoms with Crippen LogP contribution in [0.15, 0.2) is 72.9 Å². The molecule has 0 radical (unpaired) electrons. The molecule has 0 bridgehead atoms. The highest BCUT2D eigenvalue weighted by Crippen LogP contribution is 2.34. The predicted molar refractivity (Wildman–Crippen MR) is 166 cm³/mol. The van der Waals surface area contributed by atoms with Gasteiger partial charge in [-0.15, -0.1) is 0 Å². The van der Waals surface area contributed by atoms with Gasteiger partial charge < -0.3 is 0 Å². The SMILES string of the molecule is CCCCC(C)(C)c1ccc(-c2cc(-c3ccc(C(C)(C)CCCC)cc3)nc(-c3ccc(C)nc3)n2)cc1. The summed E-state index contributed by atoms with van der Waals surface area (Å²) in [5.74, 6) is 0.703. The van der Waals surface area contributed by atoms with E-state index in [0.29, 0.717) is 5.82 Å². The number of rotatable bonds is 11. The van der Waals surface area contributed by atoms with Gasteiger partial charge in [0.2, 0.25) is 0 Å². The van der Waals surface area contributed by atoms with Crippen LogP contribution in [0.1, 0.15) is 96.9 Å². The molecule has 2 heterocycles. The maximum absolute atomic E-state index is 5.01. The number of aryl methyl sites for hydroxylation is 1. The molecule has 0 aliphatic rings. The van der Waals surface area contributed by atoms with Crippen molar-refractivity contribution >= 4 is 0 Å². The molecule has 0 aliphatic heterocycles. The lowest BCUT2D eigenvalue weighted by Crippen LogP contribution is -2.16. The van der Waals surface area contributed by atoms with Gasteiger partial charge in [-0.05, 0) is 59.9 Å². The van der Waals surface area contributed by atoms with E-state index in [2.05, 4.69) is 107 Å². The molecule has 0 unspecified atom stereocenters. The molecule has 0 saturated heterocycles. The summed E-state index contributed by atoms with van der Waals surface area (Å²) in [4.78, 5) is 14.5. The standard InChI is InChI=1S/C36H45N3/c1-8-10-22-35(4,5)30-18-14-27(15-19-30)32-24-33(39-34(38-32)29-13-12-26(3)37-25-29)28-16-20-31(21-17-28)36(6,7)23-11-9-2/h12-21,24-25H,8-11,22-23H2,1-7H3. The monoisotopic (exact) mass is 519 g/mol. The number of unbranched alkanes of at least 4 members (excludes halogenated alkanes) is 2. The predicted octanol–water partition coefficient (Wildman–Crippen LogP) is 10.1. The molecule has 4 aromatic rings. The molecule has 204 valence electrons. The summed E-state index contributed by atoms with van der Waals surface area (Å²) >= 11 is 0. The van der Waals surface area contributed by atoms with Crippen molar-refractivity contribution in [3.05, 3.63) is 89.7 Å². The normalized spacial score (nSPS) is 12.1. The van der Waals surface area contributed by atoms with Gasteiger partial charge in [0.15, 0.2) is 5.82 Å². The van der Waals surface area contributed by atoms with E-state index in [4.69, 9.17) is 9.97 Å². The summed E-state index contributed by atoms with van der Waals surface area (Å²) in [5, 5.41) is 0. The first kappa shape index (κ1) is 28.7. The lowest BCUT2D eigenvalue weighted by Gasteiger charge is -2.25. The zero-order valence-electron chi connectivity index (χ0n) is 25.0. The largest absolute Gasteiger partial charge is 0.261 e. The summed E-state index contributed by atoms with van der Waals surface area (Å²) in [6.45, 7) is 15.9. The number of aromatic nitrogens is 3. The highest BCUT2D eigenvalue weighted by Gasteiger charge is 2.21. The summed E-state index contributed by atoms with van der Waals surface area (Å²) in [7, 11) is 0. The second-order valence-corrected chi connectivity index (χ2v) is 12.3. The fourth-order valence-corrected chi connectivity index (χ4v) is 5.18. The van der Waals surface area contributed by atoms with Crippen molar-refractivity contribution in [1.82, 2.24) is 15.0 Å². The van der Waals surface area contributed by atoms with Crippen molar-refractivity contribution in [1.29, 1.82) is 0 Å². The van der Waals surface area contributed by atoms with Crippen LogP contribution < -0.4 is 0 Å². The number of hydrogen-bond acceptors (Lipinski definition) is 3. The van der Waals surface area contributed by atoms with Gasteiger partial charge in [-0.2, -0.15) is 0 Å². The molecular formula is C36H45N3. The third-order valence-electron chi connectivity index (χ3n) is 8.13. The van der Waals surface area contributed by atoms with Gasteiger partial charge >= 0.3 is 0 Å². The minimum atomic E-state index is 0.163. The van der Waals surface area contributed by atoms with E-state index < -0.39 is 0 Å². The quantitative estimate of drug-likeness (QED) is 0.198. The van der Waals surface area contributed by atoms with Gasteiger partial charge in [-0.25, -0.2) is 9.97 Å². The Morgan fingerprint density at radius 2 is 1.03 bits per heavy atom. The molecule has 3 nitrogen and oxygen atoms in total. The number of pyridine rings is 1. The molecule has 0 N–H and O–H groups in total. The Labute approximate surface area is 236 Å². The van der Waals surface area contributed by atoms with E-state index in [1.165, 1.54) is 49.7 Å². The van der Waals surface area contributed by atoms with Gasteiger partial charge in [-0.3, -0.25) is 4.98 Å². The fourth-order valence-electron chi connectivity index (χ4n) is 5.18. The first-order chi connectivity index (χ1) is 18.6. The van der Waals surface area contributed by atoms with Gasteiger partial charge in [0.25, 0.3) is 0 Å². The van der Waals surface area contributed by atoms with E-state index in [9.17, 15) is 0 Å². The van der Waals surface area contributed by atoms with Crippen LogP contribution in [0.25, 0.3) is 33.9 Å². The number of hydrogen-bond donors (Lipinski definition) is 0. The molecule has 2 aromatic heterocycles. The van der Waals surface area contributed by atoms with Crippen LogP contribution in [0.3, 0.4) is 0 Å². The molecule has 3 heteroatoms. The van der Waals surface area contributed by atoms with Gasteiger partial charge in [-0.1, -0.05) is 116 Å². The third kappa shape index (κ3) is 7.01. The molecule has 2 aromatic carbocycles. The van der Waals surface area contributed by atoms with Crippen molar-refractivity contribution in [2.24, 2.45) is 0 Å². The van der Waals surface area contributed by atoms with Crippen LogP contribution >= 0.6 is 0 Å². The minimum absolute atomic E-state index is 0.163. The lowest BCUT2D eigenvalue weighted by molar-refractivity contribution is 0.458. The fraction of sp³-hybridized carbons (Fsp3) is 0.417. The molecule has 0 amide bonds. The summed E-state index contributed by atoms with van der Waals surface area (Å²) in [6.07, 6.45) is 9.18. The molecule has 0 fully saturated rings. The first-order valence-corrected chi connectivity index (χ1v) is 14.7. The highest BCUT2D eigenvalue weighted by molar-refractivity contribution is 5.72. The highest BCUT2D eigenvalue weighted by atomic mass is 14.9. The van der Waals surface area contributed by atoms with E-state index >= 15 is 0 Å². The second kappa shape index (κ2) is 12.2. The van der Waals surface area contributed by atoms with Crippen LogP contribution in [0.2, 0.25) is 0 Å². The zero-order chi connectivity index (χ0) is 28.0. The minimum Gasteiger partial charge on any atom is -0.261 e. The summed E-state index contributed by atoms with van der Waals surface area (Å²) in [5.41, 5.74) is 9.06. The smallest absolute Gasteiger partial charge is 0.161 e. The lowest BCUT2D eigenvalue weighted by atomic mass is 9.80. The first-order valence-electron chi connectivity index (χ1n) is 14.7. The van der Waals surface area contributed by atoms with Crippen LogP contribution in [0, 0.1) is 6.92 Å². The Kier molecular flexibility index (Phi) is 9.00. The van der Waals surface area contributed by atoms with Crippen molar-refractivity contribution < 1.29 is 0 Å². The van der Waals surface area contributed by atoms with E-state index in [1.807, 2.05) is 19.2 Å². The van der Waals surface area contributed by atoms with E-state index in [1.54, 1.807) is 0 Å². The number of nitrogens with zero attached hydrogens (tertiary/aromatic N) is 3. The van der Waals surface area contributed by atoms with Crippen LogP contribution in [0.4, 0.5) is 0 Å². The Morgan fingerprint density at radius 3 is 1.41 bits per heavy atom. The van der Waals surface area contributed by atoms with E-state index in [-0.39, 0.29) is 10.8 Å². The average molecular weight is 520 g/mol. The van der Waals surface area contributed by atoms with Crippen molar-refractivity contribution in [3.8, 4) is 33.9 Å². The van der Waals surface area contributed by atoms with Crippen molar-refractivity contribution in [2.45, 2.75) is 97.8 Å². The van der Waals surface area contributed by atoms with Gasteiger partial charge in [0.1, 0.15) is 0 Å². The maximum Gasteiger partial charge on any atom is 0.161 e. The molecule has 0 aliphatic carbocycles. The molecule has 0 saturated carbocycles. The Morgan fingerprint density at radius 1 is 0.590 bits per heavy atom. The molecule has 4 rings (SSSR count). The Hall–Kier alpha value is -3.33. The second-order valence-electron chi connectivity index (χ2n) is 12.3. The molecule has 39 heavy (non-hydrogen) atoms. The summed E-state index contributed by atoms with van der Waals surface area (Å²) < 4.78 is 0. The van der Waals surface area contributed by atoms with Crippen LogP contribution in [0.5, 0.6) is 0 Å².